The molecule has 0 unspecified atom stereocenters. The van der Waals surface area contributed by atoms with E-state index in [0.29, 0.717) is 6.61 Å². The van der Waals surface area contributed by atoms with Crippen molar-refractivity contribution < 1.29 is 9.66 Å². The summed E-state index contributed by atoms with van der Waals surface area (Å²) in [6, 6.07) is 1.49. The Kier molecular flexibility index (Phi) is 4.28. The molecule has 0 radical (unpaired) electrons. The van der Waals surface area contributed by atoms with Crippen molar-refractivity contribution in [3.05, 3.63) is 41.2 Å². The molecule has 15 heavy (non-hydrogen) atoms. The van der Waals surface area contributed by atoms with Gasteiger partial charge < -0.3 is 4.74 Å². The molecule has 5 nitrogen and oxygen atoms in total. The first-order valence-electron chi connectivity index (χ1n) is 4.58. The maximum atomic E-state index is 10.6. The van der Waals surface area contributed by atoms with Gasteiger partial charge in [0.05, 0.1) is 11.5 Å². The number of nitrogens with zero attached hydrogens (tertiary/aromatic N) is 2. The minimum Gasteiger partial charge on any atom is -0.487 e. The number of rotatable bonds is 6. The molecule has 1 rings (SSSR count). The highest BCUT2D eigenvalue weighted by molar-refractivity contribution is 5.42. The number of pyridine rings is 1. The van der Waals surface area contributed by atoms with E-state index in [0.717, 1.165) is 12.8 Å². The van der Waals surface area contributed by atoms with Crippen LogP contribution in [0.3, 0.4) is 0 Å². The second-order valence-corrected chi connectivity index (χ2v) is 2.88. The van der Waals surface area contributed by atoms with Crippen molar-refractivity contribution in [1.82, 2.24) is 4.98 Å². The van der Waals surface area contributed by atoms with Gasteiger partial charge in [0.2, 0.25) is 0 Å². The number of hydrogen-bond acceptors (Lipinski definition) is 4. The number of unbranched alkanes of at least 4 members (excludes halogenated alkanes) is 1. The summed E-state index contributed by atoms with van der Waals surface area (Å²) in [5.41, 5.74) is -0.101. The quantitative estimate of drug-likeness (QED) is 0.311. The van der Waals surface area contributed by atoms with E-state index in [-0.39, 0.29) is 11.4 Å². The predicted molar refractivity (Wildman–Crippen MR) is 55.8 cm³/mol. The summed E-state index contributed by atoms with van der Waals surface area (Å²) in [4.78, 5) is 13.7. The molecule has 0 amide bonds. The van der Waals surface area contributed by atoms with Crippen molar-refractivity contribution in [3.8, 4) is 5.75 Å². The smallest absolute Gasteiger partial charge is 0.329 e. The summed E-state index contributed by atoms with van der Waals surface area (Å²) < 4.78 is 5.27. The van der Waals surface area contributed by atoms with Crippen LogP contribution >= 0.6 is 0 Å². The molecule has 1 aromatic rings. The van der Waals surface area contributed by atoms with Gasteiger partial charge in [-0.15, -0.1) is 6.58 Å². The van der Waals surface area contributed by atoms with E-state index in [1.807, 2.05) is 0 Å². The third kappa shape index (κ3) is 3.38. The van der Waals surface area contributed by atoms with Gasteiger partial charge in [0.15, 0.2) is 5.75 Å². The second kappa shape index (κ2) is 5.74. The second-order valence-electron chi connectivity index (χ2n) is 2.88. The fourth-order valence-electron chi connectivity index (χ4n) is 1.04. The van der Waals surface area contributed by atoms with Gasteiger partial charge in [-0.2, -0.15) is 0 Å². The maximum absolute atomic E-state index is 10.6. The SMILES string of the molecule is C=CCCCOc1ccncc1[N+](=O)[O-]. The molecule has 0 atom stereocenters. The highest BCUT2D eigenvalue weighted by atomic mass is 16.6. The van der Waals surface area contributed by atoms with Gasteiger partial charge in [-0.3, -0.25) is 15.1 Å². The van der Waals surface area contributed by atoms with Crippen LogP contribution in [0.15, 0.2) is 31.1 Å². The lowest BCUT2D eigenvalue weighted by atomic mass is 10.3. The predicted octanol–water partition coefficient (Wildman–Crippen LogP) is 2.33. The van der Waals surface area contributed by atoms with Gasteiger partial charge in [0, 0.05) is 12.3 Å². The fraction of sp³-hybridized carbons (Fsp3) is 0.300. The molecule has 80 valence electrons. The highest BCUT2D eigenvalue weighted by Gasteiger charge is 2.13. The van der Waals surface area contributed by atoms with Crippen LogP contribution in [0, 0.1) is 10.1 Å². The number of allylic oxidation sites excluding steroid dienone is 1. The average Bonchev–Trinajstić information content (AvgIpc) is 2.25. The highest BCUT2D eigenvalue weighted by Crippen LogP contribution is 2.24. The summed E-state index contributed by atoms with van der Waals surface area (Å²) in [7, 11) is 0. The molecule has 1 heterocycles. The van der Waals surface area contributed by atoms with Crippen LogP contribution in [-0.2, 0) is 0 Å². The first-order chi connectivity index (χ1) is 7.25. The fourth-order valence-corrected chi connectivity index (χ4v) is 1.04. The van der Waals surface area contributed by atoms with E-state index in [4.69, 9.17) is 4.74 Å². The first-order valence-corrected chi connectivity index (χ1v) is 4.58. The van der Waals surface area contributed by atoms with Crippen LogP contribution in [0.5, 0.6) is 5.75 Å². The lowest BCUT2D eigenvalue weighted by Gasteiger charge is -2.04. The monoisotopic (exact) mass is 208 g/mol. The molecule has 0 fully saturated rings. The molecule has 0 saturated heterocycles. The topological polar surface area (TPSA) is 65.3 Å². The number of hydrogen-bond donors (Lipinski definition) is 0. The number of ether oxygens (including phenoxy) is 1. The van der Waals surface area contributed by atoms with Crippen LogP contribution in [-0.4, -0.2) is 16.5 Å². The molecule has 0 N–H and O–H groups in total. The van der Waals surface area contributed by atoms with Crippen LogP contribution in [0.25, 0.3) is 0 Å². The minimum atomic E-state index is -0.504. The van der Waals surface area contributed by atoms with Crippen LogP contribution in [0.1, 0.15) is 12.8 Å². The Morgan fingerprint density at radius 3 is 3.13 bits per heavy atom. The van der Waals surface area contributed by atoms with Crippen molar-refractivity contribution in [2.75, 3.05) is 6.61 Å². The Balaban J connectivity index is 2.59. The lowest BCUT2D eigenvalue weighted by Crippen LogP contribution is -2.00. The van der Waals surface area contributed by atoms with E-state index in [2.05, 4.69) is 11.6 Å². The van der Waals surface area contributed by atoms with Crippen molar-refractivity contribution >= 4 is 5.69 Å². The van der Waals surface area contributed by atoms with Gasteiger partial charge in [0.1, 0.15) is 6.20 Å². The summed E-state index contributed by atoms with van der Waals surface area (Å²) in [6.07, 6.45) is 6.06. The zero-order valence-corrected chi connectivity index (χ0v) is 8.26. The van der Waals surface area contributed by atoms with Crippen molar-refractivity contribution in [2.45, 2.75) is 12.8 Å². The Morgan fingerprint density at radius 2 is 2.47 bits per heavy atom. The Morgan fingerprint density at radius 1 is 1.67 bits per heavy atom. The minimum absolute atomic E-state index is 0.101. The van der Waals surface area contributed by atoms with Crippen LogP contribution in [0.2, 0.25) is 0 Å². The normalized spacial score (nSPS) is 9.60. The Labute approximate surface area is 87.6 Å². The average molecular weight is 208 g/mol. The number of aromatic nitrogens is 1. The van der Waals surface area contributed by atoms with E-state index in [1.54, 1.807) is 6.08 Å². The van der Waals surface area contributed by atoms with Gasteiger partial charge in [-0.1, -0.05) is 6.08 Å². The molecule has 5 heteroatoms. The molecule has 0 aliphatic rings. The summed E-state index contributed by atoms with van der Waals surface area (Å²) >= 11 is 0. The van der Waals surface area contributed by atoms with E-state index in [1.165, 1.54) is 18.5 Å². The zero-order valence-electron chi connectivity index (χ0n) is 8.26. The molecular weight excluding hydrogens is 196 g/mol. The van der Waals surface area contributed by atoms with Gasteiger partial charge in [-0.05, 0) is 12.8 Å². The van der Waals surface area contributed by atoms with Gasteiger partial charge in [0.25, 0.3) is 0 Å². The first kappa shape index (κ1) is 11.2. The zero-order chi connectivity index (χ0) is 11.1. The number of nitro groups is 1. The summed E-state index contributed by atoms with van der Waals surface area (Å²) in [5, 5.41) is 10.6. The van der Waals surface area contributed by atoms with Gasteiger partial charge in [-0.25, -0.2) is 0 Å². The van der Waals surface area contributed by atoms with Crippen LogP contribution in [0.4, 0.5) is 5.69 Å². The molecule has 0 bridgehead atoms. The molecule has 0 spiro atoms. The van der Waals surface area contributed by atoms with E-state index < -0.39 is 4.92 Å². The molecule has 1 aromatic heterocycles. The lowest BCUT2D eigenvalue weighted by molar-refractivity contribution is -0.386. The van der Waals surface area contributed by atoms with Crippen molar-refractivity contribution in [1.29, 1.82) is 0 Å². The van der Waals surface area contributed by atoms with Crippen LogP contribution < -0.4 is 4.74 Å². The van der Waals surface area contributed by atoms with Crippen molar-refractivity contribution in [2.24, 2.45) is 0 Å². The van der Waals surface area contributed by atoms with Crippen molar-refractivity contribution in [3.63, 3.8) is 0 Å². The summed E-state index contributed by atoms with van der Waals surface area (Å²) in [5.74, 6) is 0.263. The molecule has 0 saturated carbocycles. The summed E-state index contributed by atoms with van der Waals surface area (Å²) in [6.45, 7) is 4.02. The molecular formula is C10H12N2O3. The Hall–Kier alpha value is -1.91. The third-order valence-corrected chi connectivity index (χ3v) is 1.77. The molecule has 0 aliphatic carbocycles. The van der Waals surface area contributed by atoms with E-state index >= 15 is 0 Å². The molecule has 0 aliphatic heterocycles. The molecule has 0 aromatic carbocycles. The standard InChI is InChI=1S/C10H12N2O3/c1-2-3-4-7-15-10-5-6-11-8-9(10)12(13)14/h2,5-6,8H,1,3-4,7H2. The maximum Gasteiger partial charge on any atom is 0.329 e. The third-order valence-electron chi connectivity index (χ3n) is 1.77. The Bertz CT molecular complexity index is 352. The largest absolute Gasteiger partial charge is 0.487 e. The van der Waals surface area contributed by atoms with E-state index in [9.17, 15) is 10.1 Å². The van der Waals surface area contributed by atoms with Gasteiger partial charge >= 0.3 is 5.69 Å².